The molecule has 0 fully saturated rings. The molecule has 1 atom stereocenters. The Balaban J connectivity index is 3.17. The van der Waals surface area contributed by atoms with Crippen LogP contribution in [0.2, 0.25) is 0 Å². The van der Waals surface area contributed by atoms with E-state index >= 15 is 0 Å². The summed E-state index contributed by atoms with van der Waals surface area (Å²) in [6, 6.07) is 10.2. The van der Waals surface area contributed by atoms with E-state index in [1.54, 1.807) is 30.3 Å². The van der Waals surface area contributed by atoms with Crippen LogP contribution in [0.4, 0.5) is 0 Å². The van der Waals surface area contributed by atoms with E-state index in [2.05, 4.69) is 0 Å². The van der Waals surface area contributed by atoms with Crippen molar-refractivity contribution in [2.45, 2.75) is 36.8 Å². The second kappa shape index (κ2) is 5.83. The van der Waals surface area contributed by atoms with E-state index in [1.165, 1.54) is 0 Å². The van der Waals surface area contributed by atoms with Crippen LogP contribution in [0.3, 0.4) is 0 Å². The van der Waals surface area contributed by atoms with E-state index in [1.807, 2.05) is 19.9 Å². The molecule has 4 heteroatoms. The van der Waals surface area contributed by atoms with Crippen molar-refractivity contribution in [1.82, 2.24) is 0 Å². The molecule has 1 aromatic rings. The zero-order valence-corrected chi connectivity index (χ0v) is 10.9. The Labute approximate surface area is 103 Å². The van der Waals surface area contributed by atoms with Gasteiger partial charge in [0.25, 0.3) is 0 Å². The van der Waals surface area contributed by atoms with E-state index in [-0.39, 0.29) is 10.8 Å². The topological polar surface area (TPSA) is 57.9 Å². The van der Waals surface area contributed by atoms with E-state index in [0.29, 0.717) is 12.8 Å². The van der Waals surface area contributed by atoms with Crippen molar-refractivity contribution < 1.29 is 8.42 Å². The van der Waals surface area contributed by atoms with Gasteiger partial charge in [-0.15, -0.1) is 0 Å². The first-order valence-electron chi connectivity index (χ1n) is 5.76. The van der Waals surface area contributed by atoms with Crippen LogP contribution in [-0.2, 0) is 9.84 Å². The highest BCUT2D eigenvalue weighted by atomic mass is 32.2. The first kappa shape index (κ1) is 13.7. The molecule has 0 aliphatic carbocycles. The molecule has 0 bridgehead atoms. The predicted octanol–water partition coefficient (Wildman–Crippen LogP) is 2.79. The molecule has 0 saturated carbocycles. The van der Waals surface area contributed by atoms with Gasteiger partial charge in [-0.2, -0.15) is 5.26 Å². The molecule has 1 aromatic carbocycles. The van der Waals surface area contributed by atoms with Crippen LogP contribution < -0.4 is 0 Å². The molecule has 0 spiro atoms. The van der Waals surface area contributed by atoms with Gasteiger partial charge in [-0.05, 0) is 18.1 Å². The number of hydrogen-bond acceptors (Lipinski definition) is 3. The summed E-state index contributed by atoms with van der Waals surface area (Å²) in [6.07, 6.45) is 1.39. The normalized spacial score (nSPS) is 13.3. The van der Waals surface area contributed by atoms with Gasteiger partial charge < -0.3 is 0 Å². The van der Waals surface area contributed by atoms with Gasteiger partial charge in [0.1, 0.15) is 0 Å². The molecular formula is C13H17NO2S. The van der Waals surface area contributed by atoms with Crippen LogP contribution in [0.5, 0.6) is 0 Å². The van der Waals surface area contributed by atoms with Crippen molar-refractivity contribution in [2.75, 3.05) is 0 Å². The molecule has 3 nitrogen and oxygen atoms in total. The van der Waals surface area contributed by atoms with E-state index in [4.69, 9.17) is 5.26 Å². The van der Waals surface area contributed by atoms with E-state index < -0.39 is 15.1 Å². The van der Waals surface area contributed by atoms with Gasteiger partial charge in [0, 0.05) is 0 Å². The Kier molecular flexibility index (Phi) is 4.71. The minimum absolute atomic E-state index is 0.106. The summed E-state index contributed by atoms with van der Waals surface area (Å²) in [5, 5.41) is 8.18. The Morgan fingerprint density at radius 2 is 1.71 bits per heavy atom. The maximum absolute atomic E-state index is 12.3. The zero-order chi connectivity index (χ0) is 12.9. The third-order valence-corrected chi connectivity index (χ3v) is 5.10. The van der Waals surface area contributed by atoms with Crippen molar-refractivity contribution in [3.8, 4) is 6.07 Å². The lowest BCUT2D eigenvalue weighted by Crippen LogP contribution is -2.28. The summed E-state index contributed by atoms with van der Waals surface area (Å²) < 4.78 is 24.6. The van der Waals surface area contributed by atoms with Crippen LogP contribution in [0, 0.1) is 17.2 Å². The SMILES string of the molecule is CCC(CC)C(C#N)S(=O)(=O)c1ccccc1. The molecule has 1 unspecified atom stereocenters. The average molecular weight is 251 g/mol. The smallest absolute Gasteiger partial charge is 0.194 e. The van der Waals surface area contributed by atoms with Crippen molar-refractivity contribution in [1.29, 1.82) is 5.26 Å². The minimum atomic E-state index is -3.54. The average Bonchev–Trinajstić information content (AvgIpc) is 2.36. The lowest BCUT2D eigenvalue weighted by atomic mass is 10.0. The summed E-state index contributed by atoms with van der Waals surface area (Å²) >= 11 is 0. The predicted molar refractivity (Wildman–Crippen MR) is 67.1 cm³/mol. The first-order valence-corrected chi connectivity index (χ1v) is 7.31. The summed E-state index contributed by atoms with van der Waals surface area (Å²) in [4.78, 5) is 0.235. The highest BCUT2D eigenvalue weighted by Crippen LogP contribution is 2.25. The quantitative estimate of drug-likeness (QED) is 0.808. The number of nitriles is 1. The van der Waals surface area contributed by atoms with Gasteiger partial charge in [0.05, 0.1) is 11.0 Å². The van der Waals surface area contributed by atoms with Gasteiger partial charge >= 0.3 is 0 Å². The van der Waals surface area contributed by atoms with Crippen LogP contribution in [0.15, 0.2) is 35.2 Å². The fraction of sp³-hybridized carbons (Fsp3) is 0.462. The lowest BCUT2D eigenvalue weighted by Gasteiger charge is -2.19. The Morgan fingerprint density at radius 3 is 2.12 bits per heavy atom. The number of benzene rings is 1. The maximum atomic E-state index is 12.3. The molecule has 17 heavy (non-hydrogen) atoms. The second-order valence-electron chi connectivity index (χ2n) is 3.98. The molecule has 0 N–H and O–H groups in total. The first-order chi connectivity index (χ1) is 8.07. The molecule has 0 heterocycles. The Bertz CT molecular complexity index is 484. The third-order valence-electron chi connectivity index (χ3n) is 3.01. The monoisotopic (exact) mass is 251 g/mol. The second-order valence-corrected chi connectivity index (χ2v) is 6.05. The van der Waals surface area contributed by atoms with Crippen LogP contribution >= 0.6 is 0 Å². The van der Waals surface area contributed by atoms with Crippen LogP contribution in [0.1, 0.15) is 26.7 Å². The lowest BCUT2D eigenvalue weighted by molar-refractivity contribution is 0.486. The molecule has 92 valence electrons. The molecule has 0 saturated heterocycles. The van der Waals surface area contributed by atoms with Crippen LogP contribution in [-0.4, -0.2) is 13.7 Å². The largest absolute Gasteiger partial charge is 0.222 e. The maximum Gasteiger partial charge on any atom is 0.194 e. The van der Waals surface area contributed by atoms with Gasteiger partial charge in [-0.3, -0.25) is 0 Å². The van der Waals surface area contributed by atoms with Crippen molar-refractivity contribution in [3.05, 3.63) is 30.3 Å². The van der Waals surface area contributed by atoms with Gasteiger partial charge in [-0.25, -0.2) is 8.42 Å². The summed E-state index contributed by atoms with van der Waals surface area (Å²) in [7, 11) is -3.54. The molecular weight excluding hydrogens is 234 g/mol. The highest BCUT2D eigenvalue weighted by molar-refractivity contribution is 7.92. The van der Waals surface area contributed by atoms with Crippen LogP contribution in [0.25, 0.3) is 0 Å². The summed E-state index contributed by atoms with van der Waals surface area (Å²) in [6.45, 7) is 3.83. The fourth-order valence-corrected chi connectivity index (χ4v) is 3.76. The van der Waals surface area contributed by atoms with Crippen molar-refractivity contribution in [2.24, 2.45) is 5.92 Å². The molecule has 0 radical (unpaired) electrons. The van der Waals surface area contributed by atoms with Crippen molar-refractivity contribution in [3.63, 3.8) is 0 Å². The fourth-order valence-electron chi connectivity index (χ4n) is 1.90. The van der Waals surface area contributed by atoms with E-state index in [9.17, 15) is 8.42 Å². The number of rotatable bonds is 5. The molecule has 0 aromatic heterocycles. The van der Waals surface area contributed by atoms with Gasteiger partial charge in [0.15, 0.2) is 15.1 Å². The zero-order valence-electron chi connectivity index (χ0n) is 10.1. The number of hydrogen-bond donors (Lipinski definition) is 0. The Hall–Kier alpha value is -1.34. The van der Waals surface area contributed by atoms with E-state index in [0.717, 1.165) is 0 Å². The molecule has 0 amide bonds. The molecule has 1 rings (SSSR count). The van der Waals surface area contributed by atoms with Gasteiger partial charge in [0.2, 0.25) is 0 Å². The molecule has 0 aliphatic rings. The standard InChI is InChI=1S/C13H17NO2S/c1-3-11(4-2)13(10-14)17(15,16)12-8-6-5-7-9-12/h5-9,11,13H,3-4H2,1-2H3. The summed E-state index contributed by atoms with van der Waals surface area (Å²) in [5.41, 5.74) is 0. The summed E-state index contributed by atoms with van der Waals surface area (Å²) in [5.74, 6) is -0.106. The number of nitrogens with zero attached hydrogens (tertiary/aromatic N) is 1. The molecule has 0 aliphatic heterocycles. The van der Waals surface area contributed by atoms with Gasteiger partial charge in [-0.1, -0.05) is 44.9 Å². The third kappa shape index (κ3) is 2.86. The minimum Gasteiger partial charge on any atom is -0.222 e. The van der Waals surface area contributed by atoms with Crippen molar-refractivity contribution >= 4 is 9.84 Å². The Morgan fingerprint density at radius 1 is 1.18 bits per heavy atom. The highest BCUT2D eigenvalue weighted by Gasteiger charge is 2.32. The number of sulfone groups is 1.